The molecule has 0 aliphatic carbocycles. The fourth-order valence-corrected chi connectivity index (χ4v) is 1.55. The number of hydrogen-bond acceptors (Lipinski definition) is 4. The molecule has 0 bridgehead atoms. The first-order valence-corrected chi connectivity index (χ1v) is 4.85. The number of nitrogens with two attached hydrogens (primary N) is 1. The number of imidazole rings is 1. The van der Waals surface area contributed by atoms with Crippen LogP contribution in [0.1, 0.15) is 0 Å². The molecule has 16 heavy (non-hydrogen) atoms. The summed E-state index contributed by atoms with van der Waals surface area (Å²) in [4.78, 5) is 15.7. The summed E-state index contributed by atoms with van der Waals surface area (Å²) in [5.41, 5.74) is 8.02. The van der Waals surface area contributed by atoms with E-state index in [0.29, 0.717) is 11.5 Å². The molecular weight excluding hydrogens is 202 g/mol. The first-order chi connectivity index (χ1) is 7.83. The third-order valence-electron chi connectivity index (χ3n) is 2.30. The molecule has 3 aromatic rings. The summed E-state index contributed by atoms with van der Waals surface area (Å²) < 4.78 is 0. The van der Waals surface area contributed by atoms with E-state index in [0.717, 1.165) is 16.9 Å². The molecule has 0 spiro atoms. The molecule has 0 aliphatic rings. The minimum absolute atomic E-state index is 0.469. The third-order valence-corrected chi connectivity index (χ3v) is 2.30. The number of nitrogens with zero attached hydrogens (tertiary/aromatic N) is 3. The summed E-state index contributed by atoms with van der Waals surface area (Å²) in [7, 11) is 0. The highest BCUT2D eigenvalue weighted by molar-refractivity contribution is 5.76. The number of aromatic nitrogens is 4. The van der Waals surface area contributed by atoms with Crippen LogP contribution < -0.4 is 5.73 Å². The van der Waals surface area contributed by atoms with Crippen molar-refractivity contribution in [2.24, 2.45) is 0 Å². The minimum Gasteiger partial charge on any atom is -0.384 e. The van der Waals surface area contributed by atoms with E-state index in [2.05, 4.69) is 19.9 Å². The lowest BCUT2D eigenvalue weighted by atomic mass is 10.3. The van der Waals surface area contributed by atoms with Crippen LogP contribution in [-0.2, 0) is 0 Å². The minimum atomic E-state index is 0.469. The SMILES string of the molecule is Nc1ccc2[nH]c(-c3cccnc3)nc2n1. The fourth-order valence-electron chi connectivity index (χ4n) is 1.55. The second-order valence-electron chi connectivity index (χ2n) is 3.43. The van der Waals surface area contributed by atoms with Crippen molar-refractivity contribution in [3.8, 4) is 11.4 Å². The van der Waals surface area contributed by atoms with Crippen molar-refractivity contribution in [2.75, 3.05) is 5.73 Å². The van der Waals surface area contributed by atoms with E-state index in [1.54, 1.807) is 18.5 Å². The number of H-pyrrole nitrogens is 1. The molecule has 3 aromatic heterocycles. The summed E-state index contributed by atoms with van der Waals surface area (Å²) in [5.74, 6) is 1.22. The lowest BCUT2D eigenvalue weighted by molar-refractivity contribution is 1.26. The van der Waals surface area contributed by atoms with Crippen LogP contribution in [0.5, 0.6) is 0 Å². The average Bonchev–Trinajstić information content (AvgIpc) is 2.73. The van der Waals surface area contributed by atoms with Gasteiger partial charge in [0.2, 0.25) is 0 Å². The van der Waals surface area contributed by atoms with Gasteiger partial charge in [0, 0.05) is 18.0 Å². The monoisotopic (exact) mass is 211 g/mol. The van der Waals surface area contributed by atoms with Gasteiger partial charge in [-0.05, 0) is 24.3 Å². The van der Waals surface area contributed by atoms with Crippen LogP contribution in [0.3, 0.4) is 0 Å². The normalized spacial score (nSPS) is 10.8. The van der Waals surface area contributed by atoms with Crippen molar-refractivity contribution in [3.05, 3.63) is 36.7 Å². The highest BCUT2D eigenvalue weighted by Crippen LogP contribution is 2.18. The molecule has 5 nitrogen and oxygen atoms in total. The molecule has 0 unspecified atom stereocenters. The van der Waals surface area contributed by atoms with Crippen molar-refractivity contribution in [1.29, 1.82) is 0 Å². The predicted octanol–water partition coefficient (Wildman–Crippen LogP) is 1.60. The molecule has 5 heteroatoms. The number of fused-ring (bicyclic) bond motifs is 1. The molecule has 0 atom stereocenters. The summed E-state index contributed by atoms with van der Waals surface area (Å²) in [6.07, 6.45) is 3.48. The molecule has 0 radical (unpaired) electrons. The number of rotatable bonds is 1. The van der Waals surface area contributed by atoms with Gasteiger partial charge in [0.05, 0.1) is 5.52 Å². The van der Waals surface area contributed by atoms with Crippen molar-refractivity contribution in [2.45, 2.75) is 0 Å². The van der Waals surface area contributed by atoms with Crippen molar-refractivity contribution in [3.63, 3.8) is 0 Å². The van der Waals surface area contributed by atoms with Gasteiger partial charge in [0.25, 0.3) is 0 Å². The maximum Gasteiger partial charge on any atom is 0.180 e. The van der Waals surface area contributed by atoms with Gasteiger partial charge in [-0.15, -0.1) is 0 Å². The Bertz CT molecular complexity index is 629. The number of aromatic amines is 1. The Kier molecular flexibility index (Phi) is 1.83. The molecule has 0 aliphatic heterocycles. The van der Waals surface area contributed by atoms with E-state index in [9.17, 15) is 0 Å². The van der Waals surface area contributed by atoms with E-state index < -0.39 is 0 Å². The van der Waals surface area contributed by atoms with Gasteiger partial charge in [-0.1, -0.05) is 0 Å². The maximum atomic E-state index is 5.59. The van der Waals surface area contributed by atoms with Crippen LogP contribution in [-0.4, -0.2) is 19.9 Å². The van der Waals surface area contributed by atoms with Crippen LogP contribution in [0.2, 0.25) is 0 Å². The topological polar surface area (TPSA) is 80.5 Å². The highest BCUT2D eigenvalue weighted by Gasteiger charge is 2.05. The first kappa shape index (κ1) is 8.84. The van der Waals surface area contributed by atoms with Gasteiger partial charge in [0.15, 0.2) is 5.65 Å². The third kappa shape index (κ3) is 1.38. The second-order valence-corrected chi connectivity index (χ2v) is 3.43. The Morgan fingerprint density at radius 3 is 2.88 bits per heavy atom. The van der Waals surface area contributed by atoms with E-state index in [4.69, 9.17) is 5.73 Å². The Labute approximate surface area is 91.4 Å². The number of nitrogens with one attached hydrogen (secondary N) is 1. The summed E-state index contributed by atoms with van der Waals surface area (Å²) in [5, 5.41) is 0. The summed E-state index contributed by atoms with van der Waals surface area (Å²) >= 11 is 0. The molecule has 3 heterocycles. The molecule has 0 saturated carbocycles. The van der Waals surface area contributed by atoms with Gasteiger partial charge >= 0.3 is 0 Å². The lowest BCUT2D eigenvalue weighted by Crippen LogP contribution is -1.88. The average molecular weight is 211 g/mol. The van der Waals surface area contributed by atoms with Crippen molar-refractivity contribution >= 4 is 17.0 Å². The standard InChI is InChI=1S/C11H9N5/c12-9-4-3-8-11(15-9)16-10(14-8)7-2-1-5-13-6-7/h1-6H,(H3,12,14,15,16). The Morgan fingerprint density at radius 2 is 2.06 bits per heavy atom. The highest BCUT2D eigenvalue weighted by atomic mass is 15.0. The van der Waals surface area contributed by atoms with Gasteiger partial charge in [-0.25, -0.2) is 9.97 Å². The Balaban J connectivity index is 2.19. The van der Waals surface area contributed by atoms with Crippen LogP contribution in [0.25, 0.3) is 22.6 Å². The summed E-state index contributed by atoms with van der Waals surface area (Å²) in [6, 6.07) is 7.41. The van der Waals surface area contributed by atoms with E-state index in [1.807, 2.05) is 18.2 Å². The Morgan fingerprint density at radius 1 is 1.12 bits per heavy atom. The van der Waals surface area contributed by atoms with Gasteiger partial charge in [0.1, 0.15) is 11.6 Å². The molecule has 0 saturated heterocycles. The lowest BCUT2D eigenvalue weighted by Gasteiger charge is -1.92. The quantitative estimate of drug-likeness (QED) is 0.640. The van der Waals surface area contributed by atoms with Crippen LogP contribution >= 0.6 is 0 Å². The van der Waals surface area contributed by atoms with Gasteiger partial charge in [-0.3, -0.25) is 4.98 Å². The Hall–Kier alpha value is -2.43. The zero-order valence-corrected chi connectivity index (χ0v) is 8.38. The van der Waals surface area contributed by atoms with Gasteiger partial charge < -0.3 is 10.7 Å². The second kappa shape index (κ2) is 3.30. The van der Waals surface area contributed by atoms with Crippen LogP contribution in [0.15, 0.2) is 36.7 Å². The molecule has 0 fully saturated rings. The van der Waals surface area contributed by atoms with Crippen molar-refractivity contribution in [1.82, 2.24) is 19.9 Å². The molecule has 78 valence electrons. The van der Waals surface area contributed by atoms with Crippen molar-refractivity contribution < 1.29 is 0 Å². The van der Waals surface area contributed by atoms with Crippen LogP contribution in [0, 0.1) is 0 Å². The number of anilines is 1. The summed E-state index contributed by atoms with van der Waals surface area (Å²) in [6.45, 7) is 0. The number of nitrogen functional groups attached to an aromatic ring is 1. The number of hydrogen-bond donors (Lipinski definition) is 2. The fraction of sp³-hybridized carbons (Fsp3) is 0. The smallest absolute Gasteiger partial charge is 0.180 e. The molecular formula is C11H9N5. The van der Waals surface area contributed by atoms with Crippen LogP contribution in [0.4, 0.5) is 5.82 Å². The van der Waals surface area contributed by atoms with Gasteiger partial charge in [-0.2, -0.15) is 0 Å². The first-order valence-electron chi connectivity index (χ1n) is 4.85. The van der Waals surface area contributed by atoms with E-state index in [1.165, 1.54) is 0 Å². The molecule has 0 aromatic carbocycles. The predicted molar refractivity (Wildman–Crippen MR) is 61.5 cm³/mol. The largest absolute Gasteiger partial charge is 0.384 e. The number of pyridine rings is 2. The van der Waals surface area contributed by atoms with E-state index >= 15 is 0 Å². The molecule has 0 amide bonds. The maximum absolute atomic E-state index is 5.59. The molecule has 3 rings (SSSR count). The molecule has 3 N–H and O–H groups in total. The zero-order chi connectivity index (χ0) is 11.0. The van der Waals surface area contributed by atoms with E-state index in [-0.39, 0.29) is 0 Å². The zero-order valence-electron chi connectivity index (χ0n) is 8.38.